The second kappa shape index (κ2) is 6.23. The van der Waals surface area contributed by atoms with Gasteiger partial charge in [0.25, 0.3) is 5.91 Å². The molecule has 1 fully saturated rings. The number of piperazine rings is 1. The van der Waals surface area contributed by atoms with Crippen LogP contribution in [0.1, 0.15) is 17.3 Å². The molecule has 0 aromatic heterocycles. The number of carbonyl (C=O) groups is 1. The summed E-state index contributed by atoms with van der Waals surface area (Å²) in [6, 6.07) is 5.09. The fourth-order valence-corrected chi connectivity index (χ4v) is 2.43. The average Bonchev–Trinajstić information content (AvgIpc) is 2.46. The molecule has 104 valence electrons. The molecule has 0 spiro atoms. The first-order valence-corrected chi connectivity index (χ1v) is 6.81. The van der Waals surface area contributed by atoms with E-state index in [-0.39, 0.29) is 5.91 Å². The van der Waals surface area contributed by atoms with Crippen LogP contribution < -0.4 is 11.3 Å². The second-order valence-electron chi connectivity index (χ2n) is 4.56. The van der Waals surface area contributed by atoms with Crippen molar-refractivity contribution in [1.29, 1.82) is 0 Å². The summed E-state index contributed by atoms with van der Waals surface area (Å²) >= 11 is 5.95. The number of nitrogens with two attached hydrogens (primary N) is 1. The van der Waals surface area contributed by atoms with Crippen LogP contribution in [0.2, 0.25) is 5.02 Å². The van der Waals surface area contributed by atoms with Crippen molar-refractivity contribution in [2.75, 3.05) is 38.1 Å². The van der Waals surface area contributed by atoms with E-state index in [2.05, 4.69) is 17.2 Å². The third-order valence-electron chi connectivity index (χ3n) is 3.47. The van der Waals surface area contributed by atoms with Crippen LogP contribution in [0.25, 0.3) is 0 Å². The summed E-state index contributed by atoms with van der Waals surface area (Å²) in [7, 11) is 0. The van der Waals surface area contributed by atoms with E-state index in [1.54, 1.807) is 18.2 Å². The van der Waals surface area contributed by atoms with Gasteiger partial charge in [0, 0.05) is 31.2 Å². The van der Waals surface area contributed by atoms with Gasteiger partial charge in [-0.2, -0.15) is 0 Å². The van der Waals surface area contributed by atoms with E-state index in [0.717, 1.165) is 32.7 Å². The van der Waals surface area contributed by atoms with Gasteiger partial charge in [-0.05, 0) is 24.7 Å². The summed E-state index contributed by atoms with van der Waals surface area (Å²) in [5.74, 6) is 5.42. The van der Waals surface area contributed by atoms with Crippen LogP contribution in [0.15, 0.2) is 18.2 Å². The molecule has 5 nitrogen and oxygen atoms in total. The second-order valence-corrected chi connectivity index (χ2v) is 5.00. The maximum absolute atomic E-state index is 12.5. The Morgan fingerprint density at radius 1 is 1.37 bits per heavy atom. The normalized spacial score (nSPS) is 16.5. The fourth-order valence-electron chi connectivity index (χ4n) is 2.26. The van der Waals surface area contributed by atoms with Crippen molar-refractivity contribution in [2.45, 2.75) is 6.92 Å². The van der Waals surface area contributed by atoms with Gasteiger partial charge in [0.2, 0.25) is 0 Å². The Bertz CT molecular complexity index is 458. The predicted octanol–water partition coefficient (Wildman–Crippen LogP) is 1.40. The molecule has 1 aromatic rings. The number of nitrogens with one attached hydrogen (secondary N) is 1. The van der Waals surface area contributed by atoms with E-state index in [9.17, 15) is 4.79 Å². The molecule has 2 rings (SSSR count). The van der Waals surface area contributed by atoms with Crippen LogP contribution in [0.3, 0.4) is 0 Å². The van der Waals surface area contributed by atoms with Gasteiger partial charge >= 0.3 is 0 Å². The number of halogens is 1. The van der Waals surface area contributed by atoms with Crippen LogP contribution in [0.4, 0.5) is 5.69 Å². The Morgan fingerprint density at radius 3 is 2.63 bits per heavy atom. The maximum Gasteiger partial charge on any atom is 0.256 e. The molecule has 1 heterocycles. The highest BCUT2D eigenvalue weighted by Crippen LogP contribution is 2.22. The van der Waals surface area contributed by atoms with Gasteiger partial charge < -0.3 is 15.2 Å². The number of nitrogen functional groups attached to an aromatic ring is 1. The maximum atomic E-state index is 12.5. The van der Waals surface area contributed by atoms with Crippen molar-refractivity contribution in [3.8, 4) is 0 Å². The largest absolute Gasteiger partial charge is 0.336 e. The van der Waals surface area contributed by atoms with Crippen LogP contribution in [0.5, 0.6) is 0 Å². The first kappa shape index (κ1) is 14.1. The Kier molecular flexibility index (Phi) is 4.63. The van der Waals surface area contributed by atoms with E-state index in [0.29, 0.717) is 16.3 Å². The highest BCUT2D eigenvalue weighted by molar-refractivity contribution is 6.31. The molecule has 0 saturated carbocycles. The molecule has 0 unspecified atom stereocenters. The number of amides is 1. The van der Waals surface area contributed by atoms with Gasteiger partial charge in [-0.3, -0.25) is 10.6 Å². The number of rotatable bonds is 3. The molecule has 1 aliphatic rings. The van der Waals surface area contributed by atoms with Gasteiger partial charge in [-0.25, -0.2) is 0 Å². The number of carbonyl (C=O) groups excluding carboxylic acids is 1. The summed E-state index contributed by atoms with van der Waals surface area (Å²) in [6.07, 6.45) is 0. The molecular weight excluding hydrogens is 264 g/mol. The molecule has 1 aliphatic heterocycles. The summed E-state index contributed by atoms with van der Waals surface area (Å²) in [5, 5.41) is 0.537. The number of hydrogen-bond donors (Lipinski definition) is 2. The molecule has 6 heteroatoms. The number of nitrogens with zero attached hydrogens (tertiary/aromatic N) is 2. The predicted molar refractivity (Wildman–Crippen MR) is 77.3 cm³/mol. The summed E-state index contributed by atoms with van der Waals surface area (Å²) in [5.41, 5.74) is 3.68. The minimum Gasteiger partial charge on any atom is -0.336 e. The Labute approximate surface area is 118 Å². The molecule has 19 heavy (non-hydrogen) atoms. The summed E-state index contributed by atoms with van der Waals surface area (Å²) in [6.45, 7) is 6.45. The quantitative estimate of drug-likeness (QED) is 0.650. The van der Waals surface area contributed by atoms with Crippen molar-refractivity contribution in [2.24, 2.45) is 5.84 Å². The zero-order valence-electron chi connectivity index (χ0n) is 11.0. The summed E-state index contributed by atoms with van der Waals surface area (Å²) < 4.78 is 0. The lowest BCUT2D eigenvalue weighted by Gasteiger charge is -2.34. The number of benzene rings is 1. The van der Waals surface area contributed by atoms with E-state index >= 15 is 0 Å². The third-order valence-corrected chi connectivity index (χ3v) is 3.71. The SMILES string of the molecule is CCN1CCN(C(=O)c2cc(Cl)ccc2NN)CC1. The van der Waals surface area contributed by atoms with Gasteiger partial charge in [0.1, 0.15) is 0 Å². The van der Waals surface area contributed by atoms with E-state index < -0.39 is 0 Å². The van der Waals surface area contributed by atoms with Crippen LogP contribution in [-0.2, 0) is 0 Å². The van der Waals surface area contributed by atoms with Crippen LogP contribution >= 0.6 is 11.6 Å². The van der Waals surface area contributed by atoms with Gasteiger partial charge in [-0.1, -0.05) is 18.5 Å². The monoisotopic (exact) mass is 282 g/mol. The van der Waals surface area contributed by atoms with Crippen molar-refractivity contribution in [3.63, 3.8) is 0 Å². The zero-order valence-corrected chi connectivity index (χ0v) is 11.8. The van der Waals surface area contributed by atoms with E-state index in [1.165, 1.54) is 0 Å². The average molecular weight is 283 g/mol. The molecule has 0 aliphatic carbocycles. The minimum atomic E-state index is -0.0220. The first-order chi connectivity index (χ1) is 9.15. The number of hydrogen-bond acceptors (Lipinski definition) is 4. The standard InChI is InChI=1S/C13H19ClN4O/c1-2-17-5-7-18(8-6-17)13(19)11-9-10(14)3-4-12(11)16-15/h3-4,9,16H,2,5-8,15H2,1H3. The molecule has 3 N–H and O–H groups in total. The van der Waals surface area contributed by atoms with Crippen molar-refractivity contribution >= 4 is 23.2 Å². The minimum absolute atomic E-state index is 0.0220. The van der Waals surface area contributed by atoms with E-state index in [4.69, 9.17) is 17.4 Å². The number of likely N-dealkylation sites (N-methyl/N-ethyl adjacent to an activating group) is 1. The van der Waals surface area contributed by atoms with Gasteiger partial charge in [0.05, 0.1) is 11.3 Å². The zero-order chi connectivity index (χ0) is 13.8. The third kappa shape index (κ3) is 3.18. The molecule has 1 aromatic carbocycles. The van der Waals surface area contributed by atoms with Crippen LogP contribution in [-0.4, -0.2) is 48.4 Å². The topological polar surface area (TPSA) is 61.6 Å². The lowest BCUT2D eigenvalue weighted by molar-refractivity contribution is 0.0644. The fraction of sp³-hybridized carbons (Fsp3) is 0.462. The van der Waals surface area contributed by atoms with Crippen LogP contribution in [0, 0.1) is 0 Å². The van der Waals surface area contributed by atoms with E-state index in [1.807, 2.05) is 4.90 Å². The smallest absolute Gasteiger partial charge is 0.256 e. The molecule has 1 amide bonds. The van der Waals surface area contributed by atoms with Gasteiger partial charge in [-0.15, -0.1) is 0 Å². The Hall–Kier alpha value is -1.30. The number of hydrazine groups is 1. The first-order valence-electron chi connectivity index (χ1n) is 6.43. The Balaban J connectivity index is 2.14. The molecule has 0 bridgehead atoms. The summed E-state index contributed by atoms with van der Waals surface area (Å²) in [4.78, 5) is 16.6. The lowest BCUT2D eigenvalue weighted by atomic mass is 10.1. The highest BCUT2D eigenvalue weighted by Gasteiger charge is 2.23. The van der Waals surface area contributed by atoms with Crippen molar-refractivity contribution in [3.05, 3.63) is 28.8 Å². The highest BCUT2D eigenvalue weighted by atomic mass is 35.5. The van der Waals surface area contributed by atoms with Gasteiger partial charge in [0.15, 0.2) is 0 Å². The molecule has 1 saturated heterocycles. The molecular formula is C13H19ClN4O. The lowest BCUT2D eigenvalue weighted by Crippen LogP contribution is -2.48. The molecule has 0 radical (unpaired) electrons. The number of anilines is 1. The Morgan fingerprint density at radius 2 is 2.05 bits per heavy atom. The van der Waals surface area contributed by atoms with Crippen molar-refractivity contribution in [1.82, 2.24) is 9.80 Å². The molecule has 0 atom stereocenters. The van der Waals surface area contributed by atoms with Crippen molar-refractivity contribution < 1.29 is 4.79 Å².